The molecule has 0 aromatic carbocycles. The molecule has 1 aromatic rings. The van der Waals surface area contributed by atoms with E-state index in [0.717, 1.165) is 0 Å². The van der Waals surface area contributed by atoms with Crippen molar-refractivity contribution >= 4 is 10.0 Å². The molecule has 0 bridgehead atoms. The molecule has 1 aliphatic rings. The number of fused-ring (bicyclic) bond motifs is 1. The predicted molar refractivity (Wildman–Crippen MR) is 49.5 cm³/mol. The lowest BCUT2D eigenvalue weighted by Gasteiger charge is -2.08. The molecule has 14 heavy (non-hydrogen) atoms. The minimum absolute atomic E-state index is 0.101. The summed E-state index contributed by atoms with van der Waals surface area (Å²) in [6.45, 7) is 2.05. The Labute approximate surface area is 82.2 Å². The molecule has 2 heterocycles. The summed E-state index contributed by atoms with van der Waals surface area (Å²) in [6.07, 6.45) is 1.30. The number of hydrogen-bond donors (Lipinski definition) is 1. The summed E-state index contributed by atoms with van der Waals surface area (Å²) in [4.78, 5) is 3.99. The summed E-state index contributed by atoms with van der Waals surface area (Å²) in [5.41, 5.74) is 0. The smallest absolute Gasteiger partial charge is 0.246 e. The van der Waals surface area contributed by atoms with Gasteiger partial charge in [-0.25, -0.2) is 18.1 Å². The summed E-state index contributed by atoms with van der Waals surface area (Å²) < 4.78 is 31.0. The standard InChI is InChI=1S/C8H10N2O3S/c1-6-5-10-14(11,12)7-3-2-4-9-8(7)13-6/h2-4,6,10H,5H2,1H3/t6-/m1/s1. The number of pyridine rings is 1. The lowest BCUT2D eigenvalue weighted by molar-refractivity contribution is 0.215. The fourth-order valence-corrected chi connectivity index (χ4v) is 2.40. The molecule has 0 amide bonds. The lowest BCUT2D eigenvalue weighted by atomic mass is 10.4. The first-order valence-corrected chi connectivity index (χ1v) is 5.69. The zero-order chi connectivity index (χ0) is 10.2. The second-order valence-electron chi connectivity index (χ2n) is 3.09. The quantitative estimate of drug-likeness (QED) is 0.667. The van der Waals surface area contributed by atoms with Gasteiger partial charge in [0.15, 0.2) is 0 Å². The van der Waals surface area contributed by atoms with Crippen LogP contribution < -0.4 is 9.46 Å². The second-order valence-corrected chi connectivity index (χ2v) is 4.82. The SMILES string of the molecule is C[C@@H]1CNS(=O)(=O)c2cccnc2O1. The molecule has 0 unspecified atom stereocenters. The van der Waals surface area contributed by atoms with Crippen LogP contribution in [0.1, 0.15) is 6.92 Å². The number of ether oxygens (including phenoxy) is 1. The first-order valence-electron chi connectivity index (χ1n) is 4.21. The third kappa shape index (κ3) is 1.58. The molecule has 2 rings (SSSR count). The fraction of sp³-hybridized carbons (Fsp3) is 0.375. The molecule has 6 heteroatoms. The van der Waals surface area contributed by atoms with E-state index in [1.165, 1.54) is 12.3 Å². The van der Waals surface area contributed by atoms with Gasteiger partial charge in [0.1, 0.15) is 11.0 Å². The van der Waals surface area contributed by atoms with E-state index in [0.29, 0.717) is 0 Å². The maximum atomic E-state index is 11.6. The highest BCUT2D eigenvalue weighted by Crippen LogP contribution is 2.23. The Morgan fingerprint density at radius 2 is 2.43 bits per heavy atom. The maximum Gasteiger partial charge on any atom is 0.246 e. The topological polar surface area (TPSA) is 68.3 Å². The molecule has 1 N–H and O–H groups in total. The van der Waals surface area contributed by atoms with Crippen LogP contribution in [0.15, 0.2) is 23.2 Å². The van der Waals surface area contributed by atoms with Gasteiger partial charge in [-0.15, -0.1) is 0 Å². The number of sulfonamides is 1. The van der Waals surface area contributed by atoms with Gasteiger partial charge < -0.3 is 4.74 Å². The number of hydrogen-bond acceptors (Lipinski definition) is 4. The zero-order valence-corrected chi connectivity index (χ0v) is 8.41. The minimum atomic E-state index is -3.45. The monoisotopic (exact) mass is 214 g/mol. The molecular weight excluding hydrogens is 204 g/mol. The van der Waals surface area contributed by atoms with E-state index in [-0.39, 0.29) is 23.4 Å². The van der Waals surface area contributed by atoms with Crippen LogP contribution in [-0.2, 0) is 10.0 Å². The normalized spacial score (nSPS) is 24.5. The summed E-state index contributed by atoms with van der Waals surface area (Å²) >= 11 is 0. The largest absolute Gasteiger partial charge is 0.472 e. The van der Waals surface area contributed by atoms with Crippen molar-refractivity contribution in [1.82, 2.24) is 9.71 Å². The van der Waals surface area contributed by atoms with Crippen molar-refractivity contribution in [1.29, 1.82) is 0 Å². The van der Waals surface area contributed by atoms with Crippen LogP contribution in [0.4, 0.5) is 0 Å². The molecule has 0 spiro atoms. The number of rotatable bonds is 0. The molecule has 0 radical (unpaired) electrons. The van der Waals surface area contributed by atoms with Crippen LogP contribution in [0.3, 0.4) is 0 Å². The van der Waals surface area contributed by atoms with E-state index in [4.69, 9.17) is 4.74 Å². The van der Waals surface area contributed by atoms with Gasteiger partial charge in [0.25, 0.3) is 0 Å². The predicted octanol–water partition coefficient (Wildman–Crippen LogP) is 0.141. The highest BCUT2D eigenvalue weighted by molar-refractivity contribution is 7.89. The van der Waals surface area contributed by atoms with E-state index in [1.807, 2.05) is 0 Å². The van der Waals surface area contributed by atoms with Crippen molar-refractivity contribution in [2.75, 3.05) is 6.54 Å². The van der Waals surface area contributed by atoms with Gasteiger partial charge in [-0.2, -0.15) is 0 Å². The molecular formula is C8H10N2O3S. The Bertz CT molecular complexity index is 444. The van der Waals surface area contributed by atoms with Crippen LogP contribution in [0.25, 0.3) is 0 Å². The highest BCUT2D eigenvalue weighted by atomic mass is 32.2. The van der Waals surface area contributed by atoms with Crippen LogP contribution >= 0.6 is 0 Å². The number of aromatic nitrogens is 1. The highest BCUT2D eigenvalue weighted by Gasteiger charge is 2.25. The molecule has 5 nitrogen and oxygen atoms in total. The van der Waals surface area contributed by atoms with Gasteiger partial charge in [-0.1, -0.05) is 0 Å². The molecule has 0 aliphatic carbocycles. The van der Waals surface area contributed by atoms with Crippen LogP contribution in [-0.4, -0.2) is 26.1 Å². The molecule has 1 aliphatic heterocycles. The molecule has 76 valence electrons. The molecule has 1 atom stereocenters. The van der Waals surface area contributed by atoms with Crippen molar-refractivity contribution in [3.8, 4) is 5.88 Å². The Kier molecular flexibility index (Phi) is 2.16. The Morgan fingerprint density at radius 3 is 3.21 bits per heavy atom. The Hall–Kier alpha value is -1.14. The van der Waals surface area contributed by atoms with Crippen molar-refractivity contribution in [3.05, 3.63) is 18.3 Å². The van der Waals surface area contributed by atoms with E-state index in [2.05, 4.69) is 9.71 Å². The summed E-state index contributed by atoms with van der Waals surface area (Å²) in [5, 5.41) is 0. The van der Waals surface area contributed by atoms with Gasteiger partial charge in [0.05, 0.1) is 0 Å². The molecule has 1 aromatic heterocycles. The van der Waals surface area contributed by atoms with Gasteiger partial charge in [-0.3, -0.25) is 0 Å². The first kappa shape index (κ1) is 9.42. The van der Waals surface area contributed by atoms with Crippen molar-refractivity contribution in [2.45, 2.75) is 17.9 Å². The van der Waals surface area contributed by atoms with E-state index < -0.39 is 10.0 Å². The summed E-state index contributed by atoms with van der Waals surface area (Å²) in [7, 11) is -3.45. The number of nitrogens with one attached hydrogen (secondary N) is 1. The van der Waals surface area contributed by atoms with Gasteiger partial charge in [-0.05, 0) is 19.1 Å². The average molecular weight is 214 g/mol. The molecule has 0 saturated carbocycles. The van der Waals surface area contributed by atoms with Crippen LogP contribution in [0, 0.1) is 0 Å². The van der Waals surface area contributed by atoms with Gasteiger partial charge >= 0.3 is 0 Å². The van der Waals surface area contributed by atoms with Crippen molar-refractivity contribution in [3.63, 3.8) is 0 Å². The third-order valence-corrected chi connectivity index (χ3v) is 3.34. The number of nitrogens with zero attached hydrogens (tertiary/aromatic N) is 1. The summed E-state index contributed by atoms with van der Waals surface area (Å²) in [5.74, 6) is 0.171. The first-order chi connectivity index (χ1) is 6.59. The van der Waals surface area contributed by atoms with Gasteiger partial charge in [0, 0.05) is 12.7 Å². The van der Waals surface area contributed by atoms with Crippen molar-refractivity contribution in [2.24, 2.45) is 0 Å². The van der Waals surface area contributed by atoms with E-state index in [1.54, 1.807) is 13.0 Å². The molecule has 0 fully saturated rings. The zero-order valence-electron chi connectivity index (χ0n) is 7.60. The van der Waals surface area contributed by atoms with Gasteiger partial charge in [0.2, 0.25) is 15.9 Å². The van der Waals surface area contributed by atoms with E-state index in [9.17, 15) is 8.42 Å². The van der Waals surface area contributed by atoms with Crippen molar-refractivity contribution < 1.29 is 13.2 Å². The summed E-state index contributed by atoms with van der Waals surface area (Å²) in [6, 6.07) is 3.04. The third-order valence-electron chi connectivity index (χ3n) is 1.90. The van der Waals surface area contributed by atoms with Crippen LogP contribution in [0.2, 0.25) is 0 Å². The minimum Gasteiger partial charge on any atom is -0.472 e. The van der Waals surface area contributed by atoms with E-state index >= 15 is 0 Å². The Balaban J connectivity index is 2.58. The molecule has 0 saturated heterocycles. The fourth-order valence-electron chi connectivity index (χ4n) is 1.21. The van der Waals surface area contributed by atoms with Crippen LogP contribution in [0.5, 0.6) is 5.88 Å². The maximum absolute atomic E-state index is 11.6. The second kappa shape index (κ2) is 3.21. The lowest BCUT2D eigenvalue weighted by Crippen LogP contribution is -2.29. The average Bonchev–Trinajstić information content (AvgIpc) is 2.25. The Morgan fingerprint density at radius 1 is 1.64 bits per heavy atom.